The van der Waals surface area contributed by atoms with Gasteiger partial charge in [0.1, 0.15) is 17.0 Å². The standard InChI is InChI=1S/C24H23N3O2S/c1-15(2)13-29-24(28)18-9-11-19(12-10-18)27-22-21-20(17-7-5-4-6-8-17)16(3)30-23(21)26-14-25-22/h4-12,14-15H,13H2,1-3H3,(H,25,26,27). The second-order valence-corrected chi connectivity index (χ2v) is 8.70. The van der Waals surface area contributed by atoms with E-state index in [1.165, 1.54) is 4.88 Å². The first-order valence-electron chi connectivity index (χ1n) is 9.86. The van der Waals surface area contributed by atoms with E-state index in [-0.39, 0.29) is 5.97 Å². The monoisotopic (exact) mass is 417 g/mol. The summed E-state index contributed by atoms with van der Waals surface area (Å²) >= 11 is 1.66. The maximum Gasteiger partial charge on any atom is 0.338 e. The second-order valence-electron chi connectivity index (χ2n) is 7.50. The third kappa shape index (κ3) is 4.19. The molecule has 30 heavy (non-hydrogen) atoms. The molecule has 0 amide bonds. The molecular weight excluding hydrogens is 394 g/mol. The minimum atomic E-state index is -0.306. The lowest BCUT2D eigenvalue weighted by molar-refractivity contribution is 0.0459. The summed E-state index contributed by atoms with van der Waals surface area (Å²) in [6.07, 6.45) is 1.58. The molecule has 4 rings (SSSR count). The molecule has 1 N–H and O–H groups in total. The smallest absolute Gasteiger partial charge is 0.338 e. The van der Waals surface area contributed by atoms with Gasteiger partial charge in [-0.15, -0.1) is 11.3 Å². The number of aromatic nitrogens is 2. The Labute approximate surface area is 179 Å². The zero-order valence-electron chi connectivity index (χ0n) is 17.2. The summed E-state index contributed by atoms with van der Waals surface area (Å²) in [5.74, 6) is 0.751. The van der Waals surface area contributed by atoms with Crippen LogP contribution in [-0.2, 0) is 4.74 Å². The van der Waals surface area contributed by atoms with Crippen molar-refractivity contribution in [2.24, 2.45) is 5.92 Å². The second kappa shape index (κ2) is 8.63. The molecule has 5 nitrogen and oxygen atoms in total. The molecule has 2 heterocycles. The van der Waals surface area contributed by atoms with E-state index in [0.29, 0.717) is 18.1 Å². The quantitative estimate of drug-likeness (QED) is 0.377. The predicted octanol–water partition coefficient (Wildman–Crippen LogP) is 6.22. The number of fused-ring (bicyclic) bond motifs is 1. The van der Waals surface area contributed by atoms with Gasteiger partial charge in [-0.05, 0) is 42.7 Å². The molecule has 0 aliphatic carbocycles. The SMILES string of the molecule is Cc1sc2ncnc(Nc3ccc(C(=O)OCC(C)C)cc3)c2c1-c1ccccc1. The topological polar surface area (TPSA) is 64.1 Å². The Balaban J connectivity index is 1.64. The molecule has 0 unspecified atom stereocenters. The number of ether oxygens (including phenoxy) is 1. The zero-order chi connectivity index (χ0) is 21.1. The highest BCUT2D eigenvalue weighted by Crippen LogP contribution is 2.40. The van der Waals surface area contributed by atoms with Gasteiger partial charge in [-0.25, -0.2) is 14.8 Å². The van der Waals surface area contributed by atoms with E-state index >= 15 is 0 Å². The fourth-order valence-corrected chi connectivity index (χ4v) is 4.26. The van der Waals surface area contributed by atoms with Crippen LogP contribution in [0.3, 0.4) is 0 Å². The lowest BCUT2D eigenvalue weighted by Gasteiger charge is -2.10. The van der Waals surface area contributed by atoms with Crippen molar-refractivity contribution in [3.63, 3.8) is 0 Å². The Morgan fingerprint density at radius 3 is 2.50 bits per heavy atom. The molecule has 0 bridgehead atoms. The predicted molar refractivity (Wildman–Crippen MR) is 122 cm³/mol. The summed E-state index contributed by atoms with van der Waals surface area (Å²) in [6, 6.07) is 17.5. The van der Waals surface area contributed by atoms with Gasteiger partial charge in [0.25, 0.3) is 0 Å². The minimum Gasteiger partial charge on any atom is -0.462 e. The van der Waals surface area contributed by atoms with Crippen LogP contribution in [0.5, 0.6) is 0 Å². The van der Waals surface area contributed by atoms with Gasteiger partial charge < -0.3 is 10.1 Å². The number of aryl methyl sites for hydroxylation is 1. The van der Waals surface area contributed by atoms with Crippen molar-refractivity contribution < 1.29 is 9.53 Å². The molecule has 6 heteroatoms. The number of hydrogen-bond donors (Lipinski definition) is 1. The molecule has 2 aromatic carbocycles. The van der Waals surface area contributed by atoms with E-state index in [4.69, 9.17) is 4.74 Å². The van der Waals surface area contributed by atoms with Crippen LogP contribution < -0.4 is 5.32 Å². The molecule has 0 atom stereocenters. The summed E-state index contributed by atoms with van der Waals surface area (Å²) in [5.41, 5.74) is 3.67. The highest BCUT2D eigenvalue weighted by molar-refractivity contribution is 7.19. The Morgan fingerprint density at radius 1 is 1.07 bits per heavy atom. The number of hydrogen-bond acceptors (Lipinski definition) is 6. The Hall–Kier alpha value is -3.25. The zero-order valence-corrected chi connectivity index (χ0v) is 18.0. The van der Waals surface area contributed by atoms with E-state index in [2.05, 4.69) is 34.3 Å². The maximum absolute atomic E-state index is 12.1. The molecular formula is C24H23N3O2S. The van der Waals surface area contributed by atoms with Gasteiger partial charge in [0.15, 0.2) is 0 Å². The summed E-state index contributed by atoms with van der Waals surface area (Å²) in [6.45, 7) is 6.55. The van der Waals surface area contributed by atoms with Crippen LogP contribution in [-0.4, -0.2) is 22.5 Å². The van der Waals surface area contributed by atoms with Crippen molar-refractivity contribution in [2.45, 2.75) is 20.8 Å². The van der Waals surface area contributed by atoms with Crippen LogP contribution in [0.2, 0.25) is 0 Å². The van der Waals surface area contributed by atoms with E-state index in [9.17, 15) is 4.79 Å². The van der Waals surface area contributed by atoms with Crippen LogP contribution in [0.4, 0.5) is 11.5 Å². The van der Waals surface area contributed by atoms with E-state index in [1.54, 1.807) is 29.8 Å². The van der Waals surface area contributed by atoms with Gasteiger partial charge in [0.05, 0.1) is 17.6 Å². The third-order valence-corrected chi connectivity index (χ3v) is 5.67. The lowest BCUT2D eigenvalue weighted by atomic mass is 10.0. The fourth-order valence-electron chi connectivity index (χ4n) is 3.24. The molecule has 0 aliphatic heterocycles. The first kappa shape index (κ1) is 20.0. The van der Waals surface area contributed by atoms with Gasteiger partial charge in [-0.2, -0.15) is 0 Å². The molecule has 0 aliphatic rings. The Morgan fingerprint density at radius 2 is 1.80 bits per heavy atom. The van der Waals surface area contributed by atoms with Crippen LogP contribution in [0.25, 0.3) is 21.3 Å². The van der Waals surface area contributed by atoms with E-state index < -0.39 is 0 Å². The van der Waals surface area contributed by atoms with Gasteiger partial charge >= 0.3 is 5.97 Å². The maximum atomic E-state index is 12.1. The Kier molecular flexibility index (Phi) is 5.77. The number of rotatable bonds is 6. The average molecular weight is 418 g/mol. The van der Waals surface area contributed by atoms with Crippen LogP contribution >= 0.6 is 11.3 Å². The van der Waals surface area contributed by atoms with Crippen molar-refractivity contribution in [3.05, 3.63) is 71.4 Å². The molecule has 152 valence electrons. The number of carbonyl (C=O) groups excluding carboxylic acids is 1. The molecule has 0 saturated heterocycles. The van der Waals surface area contributed by atoms with Gasteiger partial charge in [-0.1, -0.05) is 44.2 Å². The van der Waals surface area contributed by atoms with E-state index in [0.717, 1.165) is 32.8 Å². The van der Waals surface area contributed by atoms with Crippen molar-refractivity contribution in [3.8, 4) is 11.1 Å². The summed E-state index contributed by atoms with van der Waals surface area (Å²) in [7, 11) is 0. The highest BCUT2D eigenvalue weighted by Gasteiger charge is 2.17. The fraction of sp³-hybridized carbons (Fsp3) is 0.208. The molecule has 0 saturated carbocycles. The van der Waals surface area contributed by atoms with Gasteiger partial charge in [-0.3, -0.25) is 0 Å². The summed E-state index contributed by atoms with van der Waals surface area (Å²) in [5, 5.41) is 4.40. The van der Waals surface area contributed by atoms with Crippen molar-refractivity contribution in [1.29, 1.82) is 0 Å². The minimum absolute atomic E-state index is 0.306. The number of carbonyl (C=O) groups is 1. The van der Waals surface area contributed by atoms with Crippen LogP contribution in [0.1, 0.15) is 29.1 Å². The molecule has 2 aromatic heterocycles. The third-order valence-electron chi connectivity index (χ3n) is 4.66. The average Bonchev–Trinajstić information content (AvgIpc) is 3.10. The van der Waals surface area contributed by atoms with Gasteiger partial charge in [0, 0.05) is 16.1 Å². The van der Waals surface area contributed by atoms with Crippen molar-refractivity contribution in [1.82, 2.24) is 9.97 Å². The number of benzene rings is 2. The number of nitrogens with one attached hydrogen (secondary N) is 1. The number of esters is 1. The normalized spacial score (nSPS) is 11.1. The van der Waals surface area contributed by atoms with Crippen LogP contribution in [0.15, 0.2) is 60.9 Å². The lowest BCUT2D eigenvalue weighted by Crippen LogP contribution is -2.10. The molecule has 4 aromatic rings. The Bertz CT molecular complexity index is 1170. The summed E-state index contributed by atoms with van der Waals surface area (Å²) < 4.78 is 5.29. The first-order valence-corrected chi connectivity index (χ1v) is 10.7. The molecule has 0 fully saturated rings. The van der Waals surface area contributed by atoms with Crippen molar-refractivity contribution in [2.75, 3.05) is 11.9 Å². The van der Waals surface area contributed by atoms with E-state index in [1.807, 2.05) is 44.2 Å². The first-order chi connectivity index (χ1) is 14.5. The van der Waals surface area contributed by atoms with Crippen LogP contribution in [0, 0.1) is 12.8 Å². The molecule has 0 spiro atoms. The van der Waals surface area contributed by atoms with Gasteiger partial charge in [0.2, 0.25) is 0 Å². The number of nitrogens with zero attached hydrogens (tertiary/aromatic N) is 2. The largest absolute Gasteiger partial charge is 0.462 e. The number of anilines is 2. The molecule has 0 radical (unpaired) electrons. The summed E-state index contributed by atoms with van der Waals surface area (Å²) in [4.78, 5) is 23.2. The van der Waals surface area contributed by atoms with Crippen molar-refractivity contribution >= 4 is 39.0 Å². The highest BCUT2D eigenvalue weighted by atomic mass is 32.1. The number of thiophene rings is 1.